The van der Waals surface area contributed by atoms with Gasteiger partial charge in [0.1, 0.15) is 11.8 Å². The first-order valence-corrected chi connectivity index (χ1v) is 13.4. The van der Waals surface area contributed by atoms with Gasteiger partial charge in [0.2, 0.25) is 0 Å². The van der Waals surface area contributed by atoms with E-state index in [4.69, 9.17) is 10.5 Å². The maximum atomic E-state index is 14.2. The number of hydrogen-bond donors (Lipinski definition) is 2. The number of nitriles is 1. The lowest BCUT2D eigenvalue weighted by molar-refractivity contribution is -0.139. The lowest BCUT2D eigenvalue weighted by atomic mass is 10.1. The Bertz CT molecular complexity index is 1700. The molecule has 0 aliphatic heterocycles. The second kappa shape index (κ2) is 10.8. The summed E-state index contributed by atoms with van der Waals surface area (Å²) in [6.07, 6.45) is -3.26. The molecule has 3 aromatic carbocycles. The van der Waals surface area contributed by atoms with Crippen LogP contribution in [0.4, 0.5) is 30.2 Å². The second-order valence-corrected chi connectivity index (χ2v) is 10.4. The van der Waals surface area contributed by atoms with Gasteiger partial charge in [-0.3, -0.25) is 4.98 Å². The van der Waals surface area contributed by atoms with Gasteiger partial charge in [-0.1, -0.05) is 42.1 Å². The molecule has 11 heteroatoms. The van der Waals surface area contributed by atoms with E-state index < -0.39 is 11.7 Å². The van der Waals surface area contributed by atoms with Gasteiger partial charge in [0.25, 0.3) is 0 Å². The van der Waals surface area contributed by atoms with Crippen LogP contribution in [0, 0.1) is 11.3 Å². The fraction of sp³-hybridized carbons (Fsp3) is 0.107. The fourth-order valence-corrected chi connectivity index (χ4v) is 5.85. The van der Waals surface area contributed by atoms with Gasteiger partial charge in [-0.05, 0) is 31.2 Å². The zero-order chi connectivity index (χ0) is 27.6. The van der Waals surface area contributed by atoms with Gasteiger partial charge >= 0.3 is 6.18 Å². The monoisotopic (exact) mass is 563 g/mol. The highest BCUT2D eigenvalue weighted by molar-refractivity contribution is 8.01. The number of thiazole rings is 1. The van der Waals surface area contributed by atoms with Gasteiger partial charge in [0.05, 0.1) is 40.3 Å². The van der Waals surface area contributed by atoms with Crippen LogP contribution < -0.4 is 15.8 Å². The Balaban J connectivity index is 1.50. The van der Waals surface area contributed by atoms with E-state index in [1.807, 2.05) is 48.7 Å². The van der Waals surface area contributed by atoms with Crippen molar-refractivity contribution in [2.45, 2.75) is 22.3 Å². The normalized spacial score (nSPS) is 11.4. The number of fused-ring (bicyclic) bond motifs is 1. The SMILES string of the molecule is CCOc1cc2ncc(C#N)c(Nc3ccc(Sc4nc(-c5ccccc5)cs4)c(C(F)(F)F)c3)c2cc1N. The quantitative estimate of drug-likeness (QED) is 0.193. The summed E-state index contributed by atoms with van der Waals surface area (Å²) < 4.78 is 48.5. The number of aromatic nitrogens is 2. The second-order valence-electron chi connectivity index (χ2n) is 8.30. The Morgan fingerprint density at radius 3 is 2.64 bits per heavy atom. The Kier molecular flexibility index (Phi) is 7.32. The molecule has 5 rings (SSSR count). The molecule has 0 atom stereocenters. The molecule has 2 heterocycles. The summed E-state index contributed by atoms with van der Waals surface area (Å²) in [6, 6.07) is 18.7. The van der Waals surface area contributed by atoms with Crippen LogP contribution in [0.25, 0.3) is 22.2 Å². The largest absolute Gasteiger partial charge is 0.492 e. The molecule has 0 bridgehead atoms. The third kappa shape index (κ3) is 5.62. The third-order valence-corrected chi connectivity index (χ3v) is 7.74. The fourth-order valence-electron chi connectivity index (χ4n) is 3.94. The number of hydrogen-bond acceptors (Lipinski definition) is 8. The predicted octanol–water partition coefficient (Wildman–Crippen LogP) is 8.12. The number of nitrogens with two attached hydrogens (primary N) is 1. The van der Waals surface area contributed by atoms with Gasteiger partial charge in [0.15, 0.2) is 4.34 Å². The van der Waals surface area contributed by atoms with Crippen LogP contribution in [0.5, 0.6) is 5.75 Å². The van der Waals surface area contributed by atoms with Crippen molar-refractivity contribution >= 4 is 51.1 Å². The molecule has 0 fully saturated rings. The molecule has 39 heavy (non-hydrogen) atoms. The van der Waals surface area contributed by atoms with Crippen molar-refractivity contribution in [3.63, 3.8) is 0 Å². The first kappa shape index (κ1) is 26.3. The van der Waals surface area contributed by atoms with Gasteiger partial charge < -0.3 is 15.8 Å². The van der Waals surface area contributed by atoms with Crippen molar-refractivity contribution in [1.82, 2.24) is 9.97 Å². The number of nitrogens with zero attached hydrogens (tertiary/aromatic N) is 3. The zero-order valence-corrected chi connectivity index (χ0v) is 22.0. The van der Waals surface area contributed by atoms with Crippen LogP contribution in [0.3, 0.4) is 0 Å². The van der Waals surface area contributed by atoms with Gasteiger partial charge in [0, 0.05) is 39.2 Å². The van der Waals surface area contributed by atoms with Crippen LogP contribution in [0.15, 0.2) is 81.5 Å². The highest BCUT2D eigenvalue weighted by Gasteiger charge is 2.34. The first-order valence-electron chi connectivity index (χ1n) is 11.7. The average molecular weight is 564 g/mol. The number of rotatable bonds is 7. The van der Waals surface area contributed by atoms with E-state index in [0.29, 0.717) is 44.7 Å². The number of halogens is 3. The number of benzene rings is 3. The minimum Gasteiger partial charge on any atom is -0.492 e. The van der Waals surface area contributed by atoms with E-state index in [1.165, 1.54) is 29.7 Å². The van der Waals surface area contributed by atoms with E-state index in [0.717, 1.165) is 23.4 Å². The molecule has 3 N–H and O–H groups in total. The average Bonchev–Trinajstić information content (AvgIpc) is 3.39. The summed E-state index contributed by atoms with van der Waals surface area (Å²) in [5.41, 5.74) is 8.33. The Labute approximate surface area is 230 Å². The molecule has 0 spiro atoms. The molecule has 6 nitrogen and oxygen atoms in total. The molecule has 0 saturated carbocycles. The Hall–Kier alpha value is -4.27. The molecule has 0 amide bonds. The molecular weight excluding hydrogens is 543 g/mol. The van der Waals surface area contributed by atoms with Crippen LogP contribution in [0.1, 0.15) is 18.1 Å². The van der Waals surface area contributed by atoms with Crippen molar-refractivity contribution < 1.29 is 17.9 Å². The highest BCUT2D eigenvalue weighted by Crippen LogP contribution is 2.43. The number of pyridine rings is 1. The summed E-state index contributed by atoms with van der Waals surface area (Å²) in [5, 5.41) is 15.0. The van der Waals surface area contributed by atoms with Gasteiger partial charge in [-0.2, -0.15) is 18.4 Å². The first-order chi connectivity index (χ1) is 18.8. The van der Waals surface area contributed by atoms with Crippen LogP contribution in [-0.2, 0) is 6.18 Å². The number of nitrogens with one attached hydrogen (secondary N) is 1. The summed E-state index contributed by atoms with van der Waals surface area (Å²) in [4.78, 5) is 8.82. The van der Waals surface area contributed by atoms with Gasteiger partial charge in [-0.25, -0.2) is 4.98 Å². The molecule has 196 valence electrons. The molecule has 0 radical (unpaired) electrons. The maximum Gasteiger partial charge on any atom is 0.417 e. The minimum atomic E-state index is -4.62. The van der Waals surface area contributed by atoms with Crippen LogP contribution >= 0.6 is 23.1 Å². The minimum absolute atomic E-state index is 0.0210. The molecule has 5 aromatic rings. The van der Waals surface area contributed by atoms with Crippen molar-refractivity contribution in [2.24, 2.45) is 0 Å². The third-order valence-electron chi connectivity index (χ3n) is 5.72. The van der Waals surface area contributed by atoms with Crippen LogP contribution in [0.2, 0.25) is 0 Å². The summed E-state index contributed by atoms with van der Waals surface area (Å²) in [6.45, 7) is 2.22. The van der Waals surface area contributed by atoms with Crippen molar-refractivity contribution in [2.75, 3.05) is 17.7 Å². The highest BCUT2D eigenvalue weighted by atomic mass is 32.2. The molecule has 0 saturated heterocycles. The standard InChI is InChI=1S/C28H20F3N5OS2/c1-2-37-24-12-22-19(11-21(24)33)26(17(13-32)14-34-22)35-18-8-9-25(20(10-18)28(29,30)31)39-27-36-23(15-38-27)16-6-4-3-5-7-16/h3-12,14-15H,2,33H2,1H3,(H,34,35). The lowest BCUT2D eigenvalue weighted by Gasteiger charge is -2.17. The molecular formula is C28H20F3N5OS2. The smallest absolute Gasteiger partial charge is 0.417 e. The zero-order valence-electron chi connectivity index (χ0n) is 20.4. The maximum absolute atomic E-state index is 14.2. The van der Waals surface area contributed by atoms with Crippen LogP contribution in [-0.4, -0.2) is 16.6 Å². The van der Waals surface area contributed by atoms with E-state index >= 15 is 0 Å². The number of anilines is 3. The molecule has 0 aliphatic carbocycles. The van der Waals surface area contributed by atoms with Crippen molar-refractivity contribution in [1.29, 1.82) is 5.26 Å². The van der Waals surface area contributed by atoms with Gasteiger partial charge in [-0.15, -0.1) is 11.3 Å². The Morgan fingerprint density at radius 2 is 1.92 bits per heavy atom. The number of nitrogen functional groups attached to an aromatic ring is 1. The van der Waals surface area contributed by atoms with E-state index in [1.54, 1.807) is 12.1 Å². The van der Waals surface area contributed by atoms with E-state index in [-0.39, 0.29) is 16.1 Å². The lowest BCUT2D eigenvalue weighted by Crippen LogP contribution is -2.08. The van der Waals surface area contributed by atoms with Crippen molar-refractivity contribution in [3.05, 3.63) is 83.4 Å². The summed E-state index contributed by atoms with van der Waals surface area (Å²) >= 11 is 2.24. The number of ether oxygens (including phenoxy) is 1. The topological polar surface area (TPSA) is 96.8 Å². The van der Waals surface area contributed by atoms with E-state index in [2.05, 4.69) is 15.3 Å². The van der Waals surface area contributed by atoms with Crippen molar-refractivity contribution in [3.8, 4) is 23.1 Å². The molecule has 2 aromatic heterocycles. The number of alkyl halides is 3. The molecule has 0 aliphatic rings. The summed E-state index contributed by atoms with van der Waals surface area (Å²) in [5.74, 6) is 0.437. The Morgan fingerprint density at radius 1 is 1.13 bits per heavy atom. The summed E-state index contributed by atoms with van der Waals surface area (Å²) in [7, 11) is 0. The van der Waals surface area contributed by atoms with E-state index in [9.17, 15) is 18.4 Å². The predicted molar refractivity (Wildman–Crippen MR) is 148 cm³/mol. The molecule has 0 unspecified atom stereocenters.